The fourth-order valence-corrected chi connectivity index (χ4v) is 1.21. The largest absolute Gasteiger partial charge is 0.346 e. The van der Waals surface area contributed by atoms with Crippen molar-refractivity contribution in [1.82, 2.24) is 14.6 Å². The number of imidazole rings is 1. The minimum Gasteiger partial charge on any atom is -0.335 e. The van der Waals surface area contributed by atoms with Gasteiger partial charge >= 0.3 is 5.69 Å². The average molecular weight is 164 g/mol. The highest BCUT2D eigenvalue weighted by atomic mass is 16.1. The number of nitrogens with zero attached hydrogens (tertiary/aromatic N) is 2. The standard InChI is InChI=1S/C7H8N4O/c1-4-2-3-9-6-5(4)11(8)7(12)10-6/h2-3H,8H2,1H3,(H,9,10,12). The quantitative estimate of drug-likeness (QED) is 0.527. The molecule has 0 saturated heterocycles. The van der Waals surface area contributed by atoms with Crippen LogP contribution in [0.2, 0.25) is 0 Å². The van der Waals surface area contributed by atoms with Crippen molar-refractivity contribution >= 4 is 11.2 Å². The van der Waals surface area contributed by atoms with Crippen LogP contribution in [0.25, 0.3) is 11.2 Å². The van der Waals surface area contributed by atoms with Gasteiger partial charge in [-0.25, -0.2) is 14.5 Å². The molecule has 2 aromatic heterocycles. The molecule has 2 aromatic rings. The van der Waals surface area contributed by atoms with Crippen LogP contribution in [0.1, 0.15) is 5.56 Å². The first kappa shape index (κ1) is 6.90. The molecular formula is C7H8N4O. The molecule has 0 amide bonds. The number of nitrogens with two attached hydrogens (primary N) is 1. The Labute approximate surface area is 67.8 Å². The smallest absolute Gasteiger partial charge is 0.335 e. The number of hydrogen-bond acceptors (Lipinski definition) is 3. The highest BCUT2D eigenvalue weighted by Gasteiger charge is 2.05. The van der Waals surface area contributed by atoms with E-state index in [1.165, 1.54) is 0 Å². The molecule has 0 fully saturated rings. The van der Waals surface area contributed by atoms with E-state index in [2.05, 4.69) is 9.97 Å². The van der Waals surface area contributed by atoms with E-state index in [1.807, 2.05) is 6.92 Å². The molecular weight excluding hydrogens is 156 g/mol. The van der Waals surface area contributed by atoms with Crippen molar-refractivity contribution in [2.45, 2.75) is 6.92 Å². The number of H-pyrrole nitrogens is 1. The molecule has 0 aliphatic carbocycles. The van der Waals surface area contributed by atoms with E-state index in [1.54, 1.807) is 12.3 Å². The van der Waals surface area contributed by atoms with E-state index >= 15 is 0 Å². The highest BCUT2D eigenvalue weighted by molar-refractivity contribution is 5.74. The Hall–Kier alpha value is -1.78. The monoisotopic (exact) mass is 164 g/mol. The maximum Gasteiger partial charge on any atom is 0.346 e. The zero-order valence-electron chi connectivity index (χ0n) is 6.53. The molecule has 2 rings (SSSR count). The number of pyridine rings is 1. The topological polar surface area (TPSA) is 76.7 Å². The van der Waals surface area contributed by atoms with Gasteiger partial charge in [0.05, 0.1) is 0 Å². The number of nitrogens with one attached hydrogen (secondary N) is 1. The minimum absolute atomic E-state index is 0.341. The molecule has 5 heteroatoms. The van der Waals surface area contributed by atoms with Gasteiger partial charge < -0.3 is 5.84 Å². The van der Waals surface area contributed by atoms with Crippen molar-refractivity contribution in [3.8, 4) is 0 Å². The number of hydrogen-bond donors (Lipinski definition) is 2. The lowest BCUT2D eigenvalue weighted by Crippen LogP contribution is -2.24. The third-order valence-electron chi connectivity index (χ3n) is 1.81. The fourth-order valence-electron chi connectivity index (χ4n) is 1.21. The summed E-state index contributed by atoms with van der Waals surface area (Å²) < 4.78 is 1.07. The highest BCUT2D eigenvalue weighted by Crippen LogP contribution is 2.09. The van der Waals surface area contributed by atoms with Gasteiger partial charge in [-0.3, -0.25) is 4.98 Å². The first-order valence-corrected chi connectivity index (χ1v) is 3.51. The third kappa shape index (κ3) is 0.730. The summed E-state index contributed by atoms with van der Waals surface area (Å²) >= 11 is 0. The van der Waals surface area contributed by atoms with E-state index in [4.69, 9.17) is 5.84 Å². The van der Waals surface area contributed by atoms with Gasteiger partial charge in [-0.15, -0.1) is 0 Å². The van der Waals surface area contributed by atoms with Gasteiger partial charge in [0.1, 0.15) is 5.52 Å². The number of nitrogen functional groups attached to an aromatic ring is 1. The molecule has 0 atom stereocenters. The normalized spacial score (nSPS) is 10.8. The lowest BCUT2D eigenvalue weighted by Gasteiger charge is -1.95. The van der Waals surface area contributed by atoms with Crippen LogP contribution in [-0.4, -0.2) is 14.6 Å². The first-order valence-electron chi connectivity index (χ1n) is 3.51. The lowest BCUT2D eigenvalue weighted by molar-refractivity contribution is 0.963. The lowest BCUT2D eigenvalue weighted by atomic mass is 10.3. The molecule has 3 N–H and O–H groups in total. The Balaban J connectivity index is 3.07. The SMILES string of the molecule is Cc1ccnc2[nH]c(=O)n(N)c12. The maximum absolute atomic E-state index is 11.0. The van der Waals surface area contributed by atoms with Crippen molar-refractivity contribution in [2.75, 3.05) is 5.84 Å². The number of aromatic amines is 1. The van der Waals surface area contributed by atoms with Crippen molar-refractivity contribution in [3.63, 3.8) is 0 Å². The Kier molecular flexibility index (Phi) is 1.21. The average Bonchev–Trinajstić information content (AvgIpc) is 2.29. The summed E-state index contributed by atoms with van der Waals surface area (Å²) in [7, 11) is 0. The van der Waals surface area contributed by atoms with Crippen LogP contribution in [0.15, 0.2) is 17.1 Å². The summed E-state index contributed by atoms with van der Waals surface area (Å²) in [6, 6.07) is 1.80. The van der Waals surface area contributed by atoms with Gasteiger partial charge in [-0.05, 0) is 18.6 Å². The number of aromatic nitrogens is 3. The zero-order valence-corrected chi connectivity index (χ0v) is 6.53. The van der Waals surface area contributed by atoms with Gasteiger partial charge in [-0.1, -0.05) is 0 Å². The van der Waals surface area contributed by atoms with E-state index in [0.717, 1.165) is 10.2 Å². The maximum atomic E-state index is 11.0. The number of rotatable bonds is 0. The molecule has 0 spiro atoms. The van der Waals surface area contributed by atoms with Gasteiger partial charge in [0.15, 0.2) is 5.65 Å². The second-order valence-corrected chi connectivity index (χ2v) is 2.63. The second-order valence-electron chi connectivity index (χ2n) is 2.63. The molecule has 0 bridgehead atoms. The Morgan fingerprint density at radius 3 is 3.08 bits per heavy atom. The number of aryl methyl sites for hydroxylation is 1. The molecule has 0 aromatic carbocycles. The summed E-state index contributed by atoms with van der Waals surface area (Å²) in [5.41, 5.74) is 1.78. The van der Waals surface area contributed by atoms with Crippen molar-refractivity contribution in [2.24, 2.45) is 0 Å². The zero-order chi connectivity index (χ0) is 8.72. The fraction of sp³-hybridized carbons (Fsp3) is 0.143. The van der Waals surface area contributed by atoms with Crippen LogP contribution in [0, 0.1) is 6.92 Å². The summed E-state index contributed by atoms with van der Waals surface area (Å²) in [5, 5.41) is 0. The van der Waals surface area contributed by atoms with Crippen LogP contribution in [0.4, 0.5) is 0 Å². The van der Waals surface area contributed by atoms with Gasteiger partial charge in [0, 0.05) is 6.20 Å². The van der Waals surface area contributed by atoms with Crippen molar-refractivity contribution in [3.05, 3.63) is 28.3 Å². The Morgan fingerprint density at radius 2 is 2.42 bits per heavy atom. The molecule has 0 unspecified atom stereocenters. The Bertz CT molecular complexity index is 482. The van der Waals surface area contributed by atoms with Gasteiger partial charge in [0.25, 0.3) is 0 Å². The van der Waals surface area contributed by atoms with Crippen LogP contribution in [-0.2, 0) is 0 Å². The van der Waals surface area contributed by atoms with Crippen molar-refractivity contribution in [1.29, 1.82) is 0 Å². The summed E-state index contributed by atoms with van der Waals surface area (Å²) in [6.45, 7) is 1.88. The van der Waals surface area contributed by atoms with Crippen LogP contribution >= 0.6 is 0 Å². The molecule has 62 valence electrons. The molecule has 2 heterocycles. The first-order chi connectivity index (χ1) is 5.70. The van der Waals surface area contributed by atoms with Crippen LogP contribution in [0.5, 0.6) is 0 Å². The second kappa shape index (κ2) is 2.10. The van der Waals surface area contributed by atoms with E-state index in [0.29, 0.717) is 11.2 Å². The molecule has 0 aliphatic rings. The van der Waals surface area contributed by atoms with E-state index in [-0.39, 0.29) is 5.69 Å². The molecule has 0 aliphatic heterocycles. The summed E-state index contributed by atoms with van der Waals surface area (Å²) in [5.74, 6) is 5.47. The molecule has 0 radical (unpaired) electrons. The Morgan fingerprint density at radius 1 is 1.67 bits per heavy atom. The predicted octanol–water partition coefficient (Wildman–Crippen LogP) is -0.253. The van der Waals surface area contributed by atoms with E-state index < -0.39 is 0 Å². The summed E-state index contributed by atoms with van der Waals surface area (Å²) in [6.07, 6.45) is 1.63. The molecule has 12 heavy (non-hydrogen) atoms. The van der Waals surface area contributed by atoms with Crippen LogP contribution < -0.4 is 11.5 Å². The predicted molar refractivity (Wildman–Crippen MR) is 45.2 cm³/mol. The minimum atomic E-state index is -0.341. The van der Waals surface area contributed by atoms with Gasteiger partial charge in [0.2, 0.25) is 0 Å². The number of fused-ring (bicyclic) bond motifs is 1. The molecule has 0 saturated carbocycles. The summed E-state index contributed by atoms with van der Waals surface area (Å²) in [4.78, 5) is 17.5. The van der Waals surface area contributed by atoms with Gasteiger partial charge in [-0.2, -0.15) is 0 Å². The van der Waals surface area contributed by atoms with E-state index in [9.17, 15) is 4.79 Å². The third-order valence-corrected chi connectivity index (χ3v) is 1.81. The molecule has 5 nitrogen and oxygen atoms in total. The van der Waals surface area contributed by atoms with Crippen LogP contribution in [0.3, 0.4) is 0 Å². The van der Waals surface area contributed by atoms with Crippen molar-refractivity contribution < 1.29 is 0 Å².